The number of rotatable bonds is 8. The highest BCUT2D eigenvalue weighted by Gasteiger charge is 2.19. The molecule has 4 aromatic rings. The Morgan fingerprint density at radius 3 is 2.54 bits per heavy atom. The minimum absolute atomic E-state index is 0.193. The highest BCUT2D eigenvalue weighted by atomic mass is 16.5. The van der Waals surface area contributed by atoms with E-state index in [-0.39, 0.29) is 18.0 Å². The van der Waals surface area contributed by atoms with Gasteiger partial charge in [0.15, 0.2) is 11.6 Å². The molecule has 35 heavy (non-hydrogen) atoms. The molecule has 10 nitrogen and oxygen atoms in total. The number of ether oxygens (including phenoxy) is 2. The minimum atomic E-state index is -0.534. The number of pyridine rings is 1. The van der Waals surface area contributed by atoms with Crippen LogP contribution >= 0.6 is 0 Å². The number of carbonyl (C=O) groups is 1. The van der Waals surface area contributed by atoms with Gasteiger partial charge in [0.1, 0.15) is 5.56 Å². The number of nitrogens with zero attached hydrogens (tertiary/aromatic N) is 5. The Morgan fingerprint density at radius 1 is 1.06 bits per heavy atom. The maximum atomic E-state index is 12.6. The van der Waals surface area contributed by atoms with Gasteiger partial charge in [0.2, 0.25) is 5.95 Å². The highest BCUT2D eigenvalue weighted by molar-refractivity contribution is 5.96. The van der Waals surface area contributed by atoms with Crippen LogP contribution in [0, 0.1) is 0 Å². The number of aromatic nitrogens is 5. The van der Waals surface area contributed by atoms with Crippen molar-refractivity contribution in [1.29, 1.82) is 0 Å². The summed E-state index contributed by atoms with van der Waals surface area (Å²) in [4.78, 5) is 25.7. The van der Waals surface area contributed by atoms with Crippen molar-refractivity contribution in [3.63, 3.8) is 0 Å². The Balaban J connectivity index is 0.00000167. The molecule has 0 aliphatic heterocycles. The summed E-state index contributed by atoms with van der Waals surface area (Å²) >= 11 is 0. The van der Waals surface area contributed by atoms with E-state index in [4.69, 9.17) is 9.47 Å². The highest BCUT2D eigenvalue weighted by Crippen LogP contribution is 2.37. The molecule has 0 spiro atoms. The first-order valence-electron chi connectivity index (χ1n) is 11.2. The van der Waals surface area contributed by atoms with E-state index in [1.165, 1.54) is 6.20 Å². The molecule has 0 atom stereocenters. The molecule has 10 heteroatoms. The standard InChI is InChI=1S/C23H23N7O3.C2H6/c1-4-33-22(31)17-13-25-23(27-15-12-26-30(2)14-15)29-21(17)28-19-10-7-8-16(20(19)32-3)18-9-5-6-11-24-18;1-2/h5-14H,4H2,1-3H3,(H2,25,27,28,29);1-2H3. The number of carbonyl (C=O) groups excluding carboxylic acids is 1. The first-order valence-corrected chi connectivity index (χ1v) is 11.2. The van der Waals surface area contributed by atoms with Crippen molar-refractivity contribution in [2.24, 2.45) is 7.05 Å². The molecule has 4 rings (SSSR count). The smallest absolute Gasteiger partial charge is 0.343 e. The predicted molar refractivity (Wildman–Crippen MR) is 135 cm³/mol. The van der Waals surface area contributed by atoms with Crippen molar-refractivity contribution >= 4 is 29.1 Å². The van der Waals surface area contributed by atoms with Gasteiger partial charge in [0.25, 0.3) is 0 Å². The molecule has 182 valence electrons. The summed E-state index contributed by atoms with van der Waals surface area (Å²) in [6.07, 6.45) is 6.57. The van der Waals surface area contributed by atoms with Crippen molar-refractivity contribution in [1.82, 2.24) is 24.7 Å². The van der Waals surface area contributed by atoms with E-state index in [9.17, 15) is 4.79 Å². The molecule has 0 unspecified atom stereocenters. The van der Waals surface area contributed by atoms with Gasteiger partial charge in [-0.05, 0) is 31.2 Å². The Hall–Kier alpha value is -4.47. The lowest BCUT2D eigenvalue weighted by atomic mass is 10.1. The third kappa shape index (κ3) is 6.11. The third-order valence-corrected chi connectivity index (χ3v) is 4.66. The van der Waals surface area contributed by atoms with Gasteiger partial charge in [0.05, 0.1) is 37.0 Å². The van der Waals surface area contributed by atoms with Crippen LogP contribution < -0.4 is 15.4 Å². The van der Waals surface area contributed by atoms with Crippen molar-refractivity contribution in [3.05, 3.63) is 66.7 Å². The van der Waals surface area contributed by atoms with Crippen LogP contribution in [0.4, 0.5) is 23.1 Å². The third-order valence-electron chi connectivity index (χ3n) is 4.66. The van der Waals surface area contributed by atoms with E-state index in [2.05, 4.69) is 30.7 Å². The molecule has 0 fully saturated rings. The summed E-state index contributed by atoms with van der Waals surface area (Å²) in [5.74, 6) is 0.587. The van der Waals surface area contributed by atoms with E-state index in [1.807, 2.05) is 57.3 Å². The monoisotopic (exact) mass is 475 g/mol. The van der Waals surface area contributed by atoms with Crippen molar-refractivity contribution in [2.45, 2.75) is 20.8 Å². The molecular weight excluding hydrogens is 446 g/mol. The summed E-state index contributed by atoms with van der Waals surface area (Å²) in [5.41, 5.74) is 3.06. The van der Waals surface area contributed by atoms with Crippen LogP contribution in [0.3, 0.4) is 0 Å². The van der Waals surface area contributed by atoms with Gasteiger partial charge in [0, 0.05) is 31.2 Å². The molecule has 0 aliphatic carbocycles. The molecule has 3 heterocycles. The van der Waals surface area contributed by atoms with Crippen LogP contribution in [-0.4, -0.2) is 44.4 Å². The second-order valence-corrected chi connectivity index (χ2v) is 6.93. The Bertz CT molecular complexity index is 1260. The number of esters is 1. The van der Waals surface area contributed by atoms with Gasteiger partial charge in [-0.15, -0.1) is 0 Å². The van der Waals surface area contributed by atoms with Gasteiger partial charge in [-0.25, -0.2) is 9.78 Å². The molecule has 1 aromatic carbocycles. The van der Waals surface area contributed by atoms with Crippen LogP contribution in [0.15, 0.2) is 61.2 Å². The number of para-hydroxylation sites is 1. The largest absolute Gasteiger partial charge is 0.494 e. The lowest BCUT2D eigenvalue weighted by Crippen LogP contribution is -2.12. The molecule has 0 saturated carbocycles. The zero-order valence-corrected chi connectivity index (χ0v) is 20.4. The summed E-state index contributed by atoms with van der Waals surface area (Å²) in [7, 11) is 3.39. The molecule has 0 radical (unpaired) electrons. The van der Waals surface area contributed by atoms with Gasteiger partial charge < -0.3 is 20.1 Å². The van der Waals surface area contributed by atoms with Gasteiger partial charge in [-0.2, -0.15) is 10.1 Å². The molecule has 0 bridgehead atoms. The zero-order valence-electron chi connectivity index (χ0n) is 20.4. The molecule has 3 aromatic heterocycles. The van der Waals surface area contributed by atoms with E-state index < -0.39 is 5.97 Å². The fourth-order valence-electron chi connectivity index (χ4n) is 3.22. The van der Waals surface area contributed by atoms with Crippen LogP contribution in [-0.2, 0) is 11.8 Å². The lowest BCUT2D eigenvalue weighted by Gasteiger charge is -2.16. The van der Waals surface area contributed by atoms with Gasteiger partial charge in [-0.1, -0.05) is 26.0 Å². The topological polar surface area (TPSA) is 116 Å². The zero-order chi connectivity index (χ0) is 25.2. The first kappa shape index (κ1) is 25.2. The molecule has 0 aliphatic rings. The van der Waals surface area contributed by atoms with E-state index >= 15 is 0 Å². The van der Waals surface area contributed by atoms with Gasteiger partial charge >= 0.3 is 5.97 Å². The van der Waals surface area contributed by atoms with E-state index in [0.29, 0.717) is 23.1 Å². The summed E-state index contributed by atoms with van der Waals surface area (Å²) < 4.78 is 12.5. The van der Waals surface area contributed by atoms with Crippen LogP contribution in [0.1, 0.15) is 31.1 Å². The fourth-order valence-corrected chi connectivity index (χ4v) is 3.22. The number of hydrogen-bond acceptors (Lipinski definition) is 9. The average molecular weight is 476 g/mol. The Kier molecular flexibility index (Phi) is 8.71. The van der Waals surface area contributed by atoms with Crippen molar-refractivity contribution in [3.8, 4) is 17.0 Å². The molecule has 0 saturated heterocycles. The Morgan fingerprint density at radius 2 is 1.89 bits per heavy atom. The summed E-state index contributed by atoms with van der Waals surface area (Å²) in [6, 6.07) is 11.3. The number of anilines is 4. The maximum Gasteiger partial charge on any atom is 0.343 e. The second-order valence-electron chi connectivity index (χ2n) is 6.93. The number of aryl methyl sites for hydroxylation is 1. The van der Waals surface area contributed by atoms with Crippen LogP contribution in [0.25, 0.3) is 11.3 Å². The van der Waals surface area contributed by atoms with Crippen molar-refractivity contribution < 1.29 is 14.3 Å². The molecule has 0 amide bonds. The van der Waals surface area contributed by atoms with E-state index in [1.54, 1.807) is 37.3 Å². The number of methoxy groups -OCH3 is 1. The first-order chi connectivity index (χ1) is 17.1. The van der Waals surface area contributed by atoms with Crippen LogP contribution in [0.2, 0.25) is 0 Å². The fraction of sp³-hybridized carbons (Fsp3) is 0.240. The number of hydrogen-bond donors (Lipinski definition) is 2. The number of nitrogens with one attached hydrogen (secondary N) is 2. The second kappa shape index (κ2) is 12.1. The quantitative estimate of drug-likeness (QED) is 0.341. The minimum Gasteiger partial charge on any atom is -0.494 e. The number of benzene rings is 1. The lowest BCUT2D eigenvalue weighted by molar-refractivity contribution is 0.0526. The van der Waals surface area contributed by atoms with Crippen LogP contribution in [0.5, 0.6) is 5.75 Å². The molecule has 2 N–H and O–H groups in total. The summed E-state index contributed by atoms with van der Waals surface area (Å²) in [5, 5.41) is 10.4. The predicted octanol–water partition coefficient (Wildman–Crippen LogP) is 4.97. The van der Waals surface area contributed by atoms with E-state index in [0.717, 1.165) is 11.3 Å². The van der Waals surface area contributed by atoms with Crippen molar-refractivity contribution in [2.75, 3.05) is 24.4 Å². The Labute approximate surface area is 204 Å². The normalized spacial score (nSPS) is 10.1. The molecular formula is C25H29N7O3. The maximum absolute atomic E-state index is 12.6. The average Bonchev–Trinajstić information content (AvgIpc) is 3.30. The van der Waals surface area contributed by atoms with Gasteiger partial charge in [-0.3, -0.25) is 9.67 Å². The summed E-state index contributed by atoms with van der Waals surface area (Å²) in [6.45, 7) is 5.97. The SMILES string of the molecule is CC.CCOC(=O)c1cnc(Nc2cnn(C)c2)nc1Nc1cccc(-c2ccccn2)c1OC.